The summed E-state index contributed by atoms with van der Waals surface area (Å²) < 4.78 is 0. The smallest absolute Gasteiger partial charge is 0.190 e. The van der Waals surface area contributed by atoms with Crippen LogP contribution in [0, 0.1) is 0 Å². The van der Waals surface area contributed by atoms with Gasteiger partial charge in [0.25, 0.3) is 0 Å². The van der Waals surface area contributed by atoms with E-state index in [-0.39, 0.29) is 37.7 Å². The zero-order valence-corrected chi connectivity index (χ0v) is 32.4. The predicted molar refractivity (Wildman–Crippen MR) is 208 cm³/mol. The van der Waals surface area contributed by atoms with Gasteiger partial charge >= 0.3 is 0 Å². The third-order valence-corrected chi connectivity index (χ3v) is 10.4. The van der Waals surface area contributed by atoms with Crippen molar-refractivity contribution >= 4 is 127 Å². The van der Waals surface area contributed by atoms with Crippen molar-refractivity contribution in [2.24, 2.45) is 0 Å². The minimum absolute atomic E-state index is 0. The van der Waals surface area contributed by atoms with E-state index in [1.807, 2.05) is 85.3 Å². The van der Waals surface area contributed by atoms with Crippen LogP contribution < -0.4 is 15.0 Å². The number of halogens is 5. The van der Waals surface area contributed by atoms with Crippen LogP contribution in [0.2, 0.25) is 25.6 Å². The van der Waals surface area contributed by atoms with Crippen molar-refractivity contribution in [1.82, 2.24) is 39.9 Å². The molecule has 16 heteroatoms. The number of aromatic nitrogens is 8. The van der Waals surface area contributed by atoms with Crippen LogP contribution in [0.4, 0.5) is 0 Å². The van der Waals surface area contributed by atoms with E-state index in [0.29, 0.717) is 82.1 Å². The molecule has 8 bridgehead atoms. The summed E-state index contributed by atoms with van der Waals surface area (Å²) in [6.07, 6.45) is 7.51. The summed E-state index contributed by atoms with van der Waals surface area (Å²) in [7, 11) is 0. The van der Waals surface area contributed by atoms with Crippen LogP contribution in [-0.4, -0.2) is 37.4 Å². The number of rotatable bonds is 5. The first-order chi connectivity index (χ1) is 24.2. The Morgan fingerprint density at radius 2 is 0.804 bits per heavy atom. The maximum absolute atomic E-state index is 6.82. The Labute approximate surface area is 335 Å². The molecule has 0 saturated carbocycles. The molecule has 0 fully saturated rings. The summed E-state index contributed by atoms with van der Waals surface area (Å²) in [5.74, 6) is 0. The predicted octanol–water partition coefficient (Wildman–Crippen LogP) is 10.9. The molecule has 0 saturated heterocycles. The number of hydrogen-bond acceptors (Lipinski definition) is 7. The number of nitrogens with zero attached hydrogens (tertiary/aromatic N) is 8. The fourth-order valence-corrected chi connectivity index (χ4v) is 7.97. The van der Waals surface area contributed by atoms with Gasteiger partial charge in [-0.1, -0.05) is 130 Å². The average Bonchev–Trinajstić information content (AvgIpc) is 3.93. The van der Waals surface area contributed by atoms with Gasteiger partial charge in [-0.25, -0.2) is 24.9 Å². The van der Waals surface area contributed by atoms with Gasteiger partial charge in [-0.2, -0.15) is 11.0 Å². The first-order valence-corrected chi connectivity index (χ1v) is 19.1. The summed E-state index contributed by atoms with van der Waals surface area (Å²) in [5, 5.41) is 2.19. The van der Waals surface area contributed by atoms with E-state index >= 15 is 0 Å². The van der Waals surface area contributed by atoms with Crippen molar-refractivity contribution in [2.75, 3.05) is 12.5 Å². The molecule has 1 radical (unpaired) electrons. The topological polar surface area (TPSA) is 107 Å². The van der Waals surface area contributed by atoms with Crippen molar-refractivity contribution in [3.63, 3.8) is 0 Å². The van der Waals surface area contributed by atoms with Crippen LogP contribution >= 0.6 is 81.5 Å². The third kappa shape index (κ3) is 6.65. The average molecular weight is 856 g/mol. The molecule has 7 aromatic rings. The monoisotopic (exact) mass is 852 g/mol. The first-order valence-electron chi connectivity index (χ1n) is 14.7. The van der Waals surface area contributed by atoms with Gasteiger partial charge in [0, 0.05) is 22.1 Å². The molecule has 0 atom stereocenters. The molecule has 8 rings (SSSR count). The van der Waals surface area contributed by atoms with E-state index in [4.69, 9.17) is 77.9 Å². The van der Waals surface area contributed by atoms with E-state index in [2.05, 4.69) is 19.9 Å². The number of hydrogen-bond donors (Lipinski definition) is 0. The van der Waals surface area contributed by atoms with Crippen molar-refractivity contribution in [3.05, 3.63) is 97.7 Å². The fourth-order valence-electron chi connectivity index (χ4n) is 5.76. The molecule has 6 aromatic heterocycles. The summed E-state index contributed by atoms with van der Waals surface area (Å²) in [6, 6.07) is 18.8. The van der Waals surface area contributed by atoms with Crippen LogP contribution in [0.1, 0.15) is 11.4 Å². The molecule has 51 heavy (non-hydrogen) atoms. The minimum atomic E-state index is 0. The molecule has 0 unspecified atom stereocenters. The van der Waals surface area contributed by atoms with Crippen LogP contribution in [0.15, 0.2) is 71.0 Å². The largest absolute Gasteiger partial charge is 0.658 e. The molecule has 7 heterocycles. The Morgan fingerprint density at radius 3 is 1.27 bits per heavy atom. The second-order valence-corrected chi connectivity index (χ2v) is 14.2. The Morgan fingerprint density at radius 1 is 0.431 bits per heavy atom. The van der Waals surface area contributed by atoms with E-state index in [1.165, 1.54) is 23.5 Å². The number of thioether (sulfide) groups is 2. The van der Waals surface area contributed by atoms with Gasteiger partial charge in [0.2, 0.25) is 0 Å². The van der Waals surface area contributed by atoms with E-state index in [0.717, 1.165) is 11.1 Å². The van der Waals surface area contributed by atoms with Crippen LogP contribution in [0.5, 0.6) is 0 Å². The standard InChI is InChI=1S/C35H18Cl5N8S2.Cu/c1-49-34-45-30(37)28(31(38)46-34)26-21-9-7-17(41-21)18-8-10-22(42-18)27(29-32(39)47-35(50-2)48-33(29)40)24-14-12-20(44-24)25(19-11-13-23(26)43-19)15-3-5-16(36)6-4-15;/h3-14H,1-2H3;/q-3;. The van der Waals surface area contributed by atoms with Gasteiger partial charge in [-0.3, -0.25) is 0 Å². The normalized spacial score (nSPS) is 11.7. The molecule has 0 spiro atoms. The van der Waals surface area contributed by atoms with Crippen molar-refractivity contribution in [2.45, 2.75) is 10.3 Å². The number of benzene rings is 1. The molecule has 1 aliphatic rings. The van der Waals surface area contributed by atoms with Crippen molar-refractivity contribution in [1.29, 1.82) is 0 Å². The molecule has 0 aliphatic carbocycles. The van der Waals surface area contributed by atoms with Crippen LogP contribution in [0.3, 0.4) is 0 Å². The third-order valence-electron chi connectivity index (χ3n) is 7.96. The molecule has 259 valence electrons. The van der Waals surface area contributed by atoms with Crippen molar-refractivity contribution in [3.8, 4) is 33.4 Å². The van der Waals surface area contributed by atoms with E-state index in [9.17, 15) is 0 Å². The molecular weight excluding hydrogens is 837 g/mol. The molecular formula is C35H18Cl5CuN8S2-3. The quantitative estimate of drug-likeness (QED) is 0.0719. The molecule has 1 aliphatic heterocycles. The second kappa shape index (κ2) is 14.7. The Kier molecular flexibility index (Phi) is 10.4. The Hall–Kier alpha value is -3.22. The Balaban J connectivity index is 0.00000406. The van der Waals surface area contributed by atoms with Gasteiger partial charge in [0.1, 0.15) is 20.6 Å². The van der Waals surface area contributed by atoms with Crippen LogP contribution in [0.25, 0.3) is 78.6 Å². The van der Waals surface area contributed by atoms with Gasteiger partial charge in [-0.05, 0) is 59.1 Å². The molecule has 1 aromatic carbocycles. The first kappa shape index (κ1) is 36.2. The van der Waals surface area contributed by atoms with Crippen LogP contribution in [-0.2, 0) is 17.1 Å². The maximum atomic E-state index is 6.82. The van der Waals surface area contributed by atoms with E-state index < -0.39 is 0 Å². The van der Waals surface area contributed by atoms with Crippen molar-refractivity contribution < 1.29 is 17.1 Å². The summed E-state index contributed by atoms with van der Waals surface area (Å²) >= 11 is 36.3. The Bertz CT molecular complexity index is 2610. The second-order valence-electron chi connectivity index (χ2n) is 10.8. The summed E-state index contributed by atoms with van der Waals surface area (Å²) in [4.78, 5) is 38.2. The van der Waals surface area contributed by atoms with Gasteiger partial charge in [0.05, 0.1) is 22.5 Å². The summed E-state index contributed by atoms with van der Waals surface area (Å²) in [6.45, 7) is 0. The van der Waals surface area contributed by atoms with Gasteiger partial charge < -0.3 is 15.0 Å². The zero-order chi connectivity index (χ0) is 34.7. The summed E-state index contributed by atoms with van der Waals surface area (Å²) in [5.41, 5.74) is 8.28. The molecule has 0 amide bonds. The molecule has 8 nitrogen and oxygen atoms in total. The molecule has 0 N–H and O–H groups in total. The SMILES string of the molecule is CSc1nc(Cl)c(-c2c3nc(c(-c4ccc(Cl)cc4)c4ccc([n-]4)c(-c4c(Cl)nc(SC)nc4Cl)c4ccc([n-]4)c4ccc2[n-]4)C=C3)c(Cl)n1.[Cu]. The minimum Gasteiger partial charge on any atom is -0.658 e. The number of fused-ring (bicyclic) bond motifs is 9. The van der Waals surface area contributed by atoms with Gasteiger partial charge in [-0.15, -0.1) is 22.1 Å². The van der Waals surface area contributed by atoms with Gasteiger partial charge in [0.15, 0.2) is 10.3 Å². The zero-order valence-electron chi connectivity index (χ0n) is 26.0. The van der Waals surface area contributed by atoms with E-state index in [1.54, 1.807) is 0 Å². The fraction of sp³-hybridized carbons (Fsp3) is 0.0571. The maximum Gasteiger partial charge on any atom is 0.190 e.